The summed E-state index contributed by atoms with van der Waals surface area (Å²) in [6.07, 6.45) is 0. The molecule has 0 radical (unpaired) electrons. The molecule has 34 heavy (non-hydrogen) atoms. The van der Waals surface area contributed by atoms with E-state index in [2.05, 4.69) is 0 Å². The topological polar surface area (TPSA) is 90.3 Å². The van der Waals surface area contributed by atoms with Crippen LogP contribution in [0, 0.1) is 6.92 Å². The monoisotopic (exact) mass is 456 g/mol. The van der Waals surface area contributed by atoms with Crippen molar-refractivity contribution in [3.05, 3.63) is 89.0 Å². The van der Waals surface area contributed by atoms with Crippen LogP contribution in [0.15, 0.2) is 72.3 Å². The molecule has 0 aromatic heterocycles. The highest BCUT2D eigenvalue weighted by Crippen LogP contribution is 2.44. The third-order valence-electron chi connectivity index (χ3n) is 6.36. The maximum absolute atomic E-state index is 13.3. The van der Waals surface area contributed by atoms with Crippen molar-refractivity contribution in [1.29, 1.82) is 0 Å². The summed E-state index contributed by atoms with van der Waals surface area (Å²) in [5, 5.41) is 21.2. The van der Waals surface area contributed by atoms with Crippen LogP contribution in [0.4, 0.5) is 11.4 Å². The van der Waals surface area contributed by atoms with Crippen LogP contribution >= 0.6 is 0 Å². The average molecular weight is 456 g/mol. The Hall–Kier alpha value is -4.26. The minimum Gasteiger partial charge on any atom is -0.508 e. The minimum absolute atomic E-state index is 0.00160. The summed E-state index contributed by atoms with van der Waals surface area (Å²) in [5.41, 5.74) is 3.21. The highest BCUT2D eigenvalue weighted by atomic mass is 16.5. The molecule has 7 heteroatoms. The van der Waals surface area contributed by atoms with E-state index in [4.69, 9.17) is 4.74 Å². The lowest BCUT2D eigenvalue weighted by Crippen LogP contribution is -2.30. The number of Topliss-reactive ketones (excluding diaryl/α,β-unsaturated/α-hetero) is 1. The number of anilines is 2. The fourth-order valence-electron chi connectivity index (χ4n) is 4.54. The normalized spacial score (nSPS) is 19.2. The van der Waals surface area contributed by atoms with Gasteiger partial charge in [-0.2, -0.15) is 0 Å². The van der Waals surface area contributed by atoms with E-state index in [-0.39, 0.29) is 17.1 Å². The Morgan fingerprint density at radius 2 is 1.74 bits per heavy atom. The van der Waals surface area contributed by atoms with E-state index in [9.17, 15) is 19.8 Å². The summed E-state index contributed by atoms with van der Waals surface area (Å²) < 4.78 is 5.69. The summed E-state index contributed by atoms with van der Waals surface area (Å²) in [7, 11) is 1.93. The molecule has 5 rings (SSSR count). The number of phenols is 1. The molecule has 1 amide bonds. The Kier molecular flexibility index (Phi) is 5.24. The first kappa shape index (κ1) is 21.6. The maximum atomic E-state index is 13.3. The molecule has 1 saturated heterocycles. The summed E-state index contributed by atoms with van der Waals surface area (Å²) in [4.78, 5) is 30.1. The number of ether oxygens (including phenoxy) is 1. The number of fused-ring (bicyclic) bond motifs is 1. The molecule has 2 aliphatic heterocycles. The van der Waals surface area contributed by atoms with Crippen LogP contribution in [0.5, 0.6) is 11.5 Å². The molecule has 1 unspecified atom stereocenters. The molecule has 0 saturated carbocycles. The molecule has 172 valence electrons. The third kappa shape index (κ3) is 3.46. The van der Waals surface area contributed by atoms with E-state index in [1.165, 1.54) is 17.0 Å². The fraction of sp³-hybridized carbons (Fsp3) is 0.185. The molecule has 1 fully saturated rings. The first-order chi connectivity index (χ1) is 16.4. The standard InChI is InChI=1S/C27H24N2O5/c1-16-5-3-4-6-20(16)29-24(17-7-10-19(30)11-8-17)23(26(32)27(29)33)25(31)18-9-12-22-21(15-18)28(2)13-14-34-22/h3-12,15,24,30-31H,13-14H2,1-2H3/b25-23-. The molecule has 3 aromatic carbocycles. The van der Waals surface area contributed by atoms with Gasteiger partial charge in [0.15, 0.2) is 0 Å². The van der Waals surface area contributed by atoms with Crippen molar-refractivity contribution in [3.8, 4) is 11.5 Å². The lowest BCUT2D eigenvalue weighted by Gasteiger charge is -2.28. The molecular weight excluding hydrogens is 432 g/mol. The molecule has 7 nitrogen and oxygen atoms in total. The van der Waals surface area contributed by atoms with Gasteiger partial charge in [0, 0.05) is 18.3 Å². The van der Waals surface area contributed by atoms with E-state index in [1.807, 2.05) is 31.0 Å². The number of aliphatic hydroxyl groups excluding tert-OH is 1. The third-order valence-corrected chi connectivity index (χ3v) is 6.36. The molecule has 0 spiro atoms. The number of amides is 1. The molecule has 0 aliphatic carbocycles. The highest BCUT2D eigenvalue weighted by molar-refractivity contribution is 6.51. The average Bonchev–Trinajstić information content (AvgIpc) is 3.10. The highest BCUT2D eigenvalue weighted by Gasteiger charge is 2.47. The van der Waals surface area contributed by atoms with Crippen LogP contribution in [0.1, 0.15) is 22.7 Å². The van der Waals surface area contributed by atoms with Crippen molar-refractivity contribution in [1.82, 2.24) is 0 Å². The van der Waals surface area contributed by atoms with Gasteiger partial charge in [0.25, 0.3) is 11.7 Å². The molecular formula is C27H24N2O5. The predicted molar refractivity (Wildman–Crippen MR) is 129 cm³/mol. The van der Waals surface area contributed by atoms with Gasteiger partial charge in [-0.25, -0.2) is 0 Å². The minimum atomic E-state index is -0.855. The number of phenolic OH excluding ortho intramolecular Hbond substituents is 1. The molecule has 2 aliphatic rings. The number of carbonyl (C=O) groups is 2. The number of ketones is 1. The second-order valence-corrected chi connectivity index (χ2v) is 8.50. The van der Waals surface area contributed by atoms with E-state index in [0.717, 1.165) is 11.3 Å². The van der Waals surface area contributed by atoms with E-state index < -0.39 is 17.7 Å². The Bertz CT molecular complexity index is 1330. The Morgan fingerprint density at radius 1 is 1.00 bits per heavy atom. The van der Waals surface area contributed by atoms with Gasteiger partial charge in [0.1, 0.15) is 23.9 Å². The van der Waals surface area contributed by atoms with Gasteiger partial charge in [-0.1, -0.05) is 30.3 Å². The molecule has 1 atom stereocenters. The van der Waals surface area contributed by atoms with Crippen LogP contribution < -0.4 is 14.5 Å². The molecule has 3 aromatic rings. The summed E-state index contributed by atoms with van der Waals surface area (Å²) in [6.45, 7) is 3.13. The number of aromatic hydroxyl groups is 1. The van der Waals surface area contributed by atoms with Crippen molar-refractivity contribution >= 4 is 28.8 Å². The number of benzene rings is 3. The molecule has 0 bridgehead atoms. The van der Waals surface area contributed by atoms with Crippen molar-refractivity contribution in [2.75, 3.05) is 30.0 Å². The zero-order valence-electron chi connectivity index (χ0n) is 18.9. The SMILES string of the molecule is Cc1ccccc1N1C(=O)C(=O)/C(=C(\O)c2ccc3c(c2)N(C)CCO3)C1c1ccc(O)cc1. The zero-order valence-corrected chi connectivity index (χ0v) is 18.9. The van der Waals surface area contributed by atoms with Gasteiger partial charge in [-0.05, 0) is 54.4 Å². The fourth-order valence-corrected chi connectivity index (χ4v) is 4.54. The summed E-state index contributed by atoms with van der Waals surface area (Å²) in [6, 6.07) is 17.9. The van der Waals surface area contributed by atoms with Crippen LogP contribution in [0.2, 0.25) is 0 Å². The van der Waals surface area contributed by atoms with Gasteiger partial charge >= 0.3 is 0 Å². The lowest BCUT2D eigenvalue weighted by molar-refractivity contribution is -0.132. The molecule has 2 heterocycles. The lowest BCUT2D eigenvalue weighted by atomic mass is 9.94. The van der Waals surface area contributed by atoms with Crippen LogP contribution in [0.3, 0.4) is 0 Å². The number of aryl methyl sites for hydroxylation is 1. The van der Waals surface area contributed by atoms with E-state index in [1.54, 1.807) is 42.5 Å². The van der Waals surface area contributed by atoms with E-state index in [0.29, 0.717) is 35.7 Å². The number of carbonyl (C=O) groups excluding carboxylic acids is 2. The van der Waals surface area contributed by atoms with Crippen LogP contribution in [-0.4, -0.2) is 42.1 Å². The predicted octanol–water partition coefficient (Wildman–Crippen LogP) is 4.16. The van der Waals surface area contributed by atoms with E-state index >= 15 is 0 Å². The largest absolute Gasteiger partial charge is 0.508 e. The quantitative estimate of drug-likeness (QED) is 0.350. The van der Waals surface area contributed by atoms with Gasteiger partial charge in [0.2, 0.25) is 0 Å². The number of nitrogens with zero attached hydrogens (tertiary/aromatic N) is 2. The van der Waals surface area contributed by atoms with Crippen LogP contribution in [-0.2, 0) is 9.59 Å². The Labute approximate surface area is 197 Å². The molecule has 2 N–H and O–H groups in total. The second kappa shape index (κ2) is 8.26. The number of para-hydroxylation sites is 1. The number of hydrogen-bond donors (Lipinski definition) is 2. The first-order valence-electron chi connectivity index (χ1n) is 11.0. The van der Waals surface area contributed by atoms with Crippen molar-refractivity contribution in [3.63, 3.8) is 0 Å². The second-order valence-electron chi connectivity index (χ2n) is 8.50. The number of aliphatic hydroxyl groups is 1. The van der Waals surface area contributed by atoms with Crippen molar-refractivity contribution in [2.24, 2.45) is 0 Å². The van der Waals surface area contributed by atoms with Crippen molar-refractivity contribution in [2.45, 2.75) is 13.0 Å². The number of likely N-dealkylation sites (N-methyl/N-ethyl adjacent to an activating group) is 1. The summed E-state index contributed by atoms with van der Waals surface area (Å²) >= 11 is 0. The number of rotatable bonds is 3. The zero-order chi connectivity index (χ0) is 24.0. The smallest absolute Gasteiger partial charge is 0.300 e. The van der Waals surface area contributed by atoms with Gasteiger partial charge in [0.05, 0.1) is 23.8 Å². The van der Waals surface area contributed by atoms with Gasteiger partial charge < -0.3 is 19.8 Å². The van der Waals surface area contributed by atoms with Crippen molar-refractivity contribution < 1.29 is 24.5 Å². The maximum Gasteiger partial charge on any atom is 0.300 e. The van der Waals surface area contributed by atoms with Crippen LogP contribution in [0.25, 0.3) is 5.76 Å². The number of hydrogen-bond acceptors (Lipinski definition) is 6. The first-order valence-corrected chi connectivity index (χ1v) is 11.0. The Balaban J connectivity index is 1.71. The van der Waals surface area contributed by atoms with Gasteiger partial charge in [-0.15, -0.1) is 0 Å². The van der Waals surface area contributed by atoms with Gasteiger partial charge in [-0.3, -0.25) is 14.5 Å². The summed E-state index contributed by atoms with van der Waals surface area (Å²) in [5.74, 6) is -0.974. The Morgan fingerprint density at radius 3 is 2.47 bits per heavy atom.